The zero-order chi connectivity index (χ0) is 13.8. The molecule has 1 aliphatic rings. The van der Waals surface area contributed by atoms with Gasteiger partial charge in [-0.3, -0.25) is 15.0 Å². The molecule has 2 heterocycles. The molecule has 0 N–H and O–H groups in total. The van der Waals surface area contributed by atoms with Gasteiger partial charge >= 0.3 is 0 Å². The standard InChI is InChI=1S/C12H15N5O2/c1-10(9-13)15-4-6-16(7-5-15)12-8-11(17(18)19)2-3-14-12/h2-3,8,10H,4-7H2,1H3. The summed E-state index contributed by atoms with van der Waals surface area (Å²) in [5.41, 5.74) is 0.0535. The van der Waals surface area contributed by atoms with Gasteiger partial charge in [0.25, 0.3) is 5.69 Å². The average molecular weight is 261 g/mol. The van der Waals surface area contributed by atoms with Crippen LogP contribution in [-0.4, -0.2) is 47.0 Å². The summed E-state index contributed by atoms with van der Waals surface area (Å²) in [6.45, 7) is 4.85. The van der Waals surface area contributed by atoms with Crippen molar-refractivity contribution >= 4 is 11.5 Å². The van der Waals surface area contributed by atoms with E-state index in [1.54, 1.807) is 0 Å². The summed E-state index contributed by atoms with van der Waals surface area (Å²) in [5, 5.41) is 19.6. The molecular weight excluding hydrogens is 246 g/mol. The molecule has 1 aromatic rings. The highest BCUT2D eigenvalue weighted by Gasteiger charge is 2.22. The first-order valence-electron chi connectivity index (χ1n) is 6.11. The Balaban J connectivity index is 2.04. The van der Waals surface area contributed by atoms with E-state index < -0.39 is 4.92 Å². The fraction of sp³-hybridized carbons (Fsp3) is 0.500. The van der Waals surface area contributed by atoms with Gasteiger partial charge in [-0.15, -0.1) is 0 Å². The Hall–Kier alpha value is -2.20. The van der Waals surface area contributed by atoms with Crippen LogP contribution in [0.2, 0.25) is 0 Å². The van der Waals surface area contributed by atoms with Crippen LogP contribution in [0.1, 0.15) is 6.92 Å². The Morgan fingerprint density at radius 3 is 2.74 bits per heavy atom. The van der Waals surface area contributed by atoms with E-state index >= 15 is 0 Å². The van der Waals surface area contributed by atoms with Gasteiger partial charge in [0.2, 0.25) is 0 Å². The molecule has 7 heteroatoms. The van der Waals surface area contributed by atoms with Crippen molar-refractivity contribution in [1.82, 2.24) is 9.88 Å². The van der Waals surface area contributed by atoms with Crippen molar-refractivity contribution in [3.63, 3.8) is 0 Å². The predicted octanol–water partition coefficient (Wildman–Crippen LogP) is 1.02. The van der Waals surface area contributed by atoms with Crippen molar-refractivity contribution in [3.8, 4) is 6.07 Å². The zero-order valence-corrected chi connectivity index (χ0v) is 10.7. The molecule has 100 valence electrons. The second-order valence-corrected chi connectivity index (χ2v) is 4.46. The van der Waals surface area contributed by atoms with Crippen LogP contribution >= 0.6 is 0 Å². The molecule has 0 bridgehead atoms. The summed E-state index contributed by atoms with van der Waals surface area (Å²) in [7, 11) is 0. The van der Waals surface area contributed by atoms with E-state index in [0.29, 0.717) is 5.82 Å². The Bertz CT molecular complexity index is 505. The molecule has 0 spiro atoms. The molecule has 1 saturated heterocycles. The number of nitro groups is 1. The molecule has 1 fully saturated rings. The van der Waals surface area contributed by atoms with E-state index in [2.05, 4.69) is 16.0 Å². The number of piperazine rings is 1. The van der Waals surface area contributed by atoms with Crippen LogP contribution < -0.4 is 4.90 Å². The lowest BCUT2D eigenvalue weighted by Crippen LogP contribution is -2.49. The van der Waals surface area contributed by atoms with Gasteiger partial charge in [-0.25, -0.2) is 4.98 Å². The van der Waals surface area contributed by atoms with Gasteiger partial charge in [0.1, 0.15) is 5.82 Å². The van der Waals surface area contributed by atoms with Gasteiger partial charge in [0.15, 0.2) is 0 Å². The maximum Gasteiger partial charge on any atom is 0.274 e. The van der Waals surface area contributed by atoms with Crippen LogP contribution in [0.5, 0.6) is 0 Å². The van der Waals surface area contributed by atoms with Crippen molar-refractivity contribution < 1.29 is 4.92 Å². The molecule has 19 heavy (non-hydrogen) atoms. The summed E-state index contributed by atoms with van der Waals surface area (Å²) < 4.78 is 0. The van der Waals surface area contributed by atoms with E-state index in [1.807, 2.05) is 11.8 Å². The van der Waals surface area contributed by atoms with Crippen LogP contribution in [0, 0.1) is 21.4 Å². The van der Waals surface area contributed by atoms with Crippen molar-refractivity contribution in [3.05, 3.63) is 28.4 Å². The Morgan fingerprint density at radius 2 is 2.16 bits per heavy atom. The second kappa shape index (κ2) is 5.63. The van der Waals surface area contributed by atoms with Crippen molar-refractivity contribution in [2.24, 2.45) is 0 Å². The second-order valence-electron chi connectivity index (χ2n) is 4.46. The van der Waals surface area contributed by atoms with E-state index in [4.69, 9.17) is 5.26 Å². The third kappa shape index (κ3) is 2.98. The van der Waals surface area contributed by atoms with Gasteiger partial charge in [-0.1, -0.05) is 0 Å². The summed E-state index contributed by atoms with van der Waals surface area (Å²) in [6.07, 6.45) is 1.46. The minimum atomic E-state index is -0.417. The number of rotatable bonds is 3. The molecule has 0 amide bonds. The third-order valence-corrected chi connectivity index (χ3v) is 3.31. The maximum absolute atomic E-state index is 10.7. The fourth-order valence-corrected chi connectivity index (χ4v) is 2.11. The van der Waals surface area contributed by atoms with Crippen LogP contribution in [0.15, 0.2) is 18.3 Å². The molecule has 0 aromatic carbocycles. The number of pyridine rings is 1. The first-order chi connectivity index (χ1) is 9.11. The van der Waals surface area contributed by atoms with Gasteiger partial charge in [-0.05, 0) is 6.92 Å². The van der Waals surface area contributed by atoms with E-state index in [-0.39, 0.29) is 11.7 Å². The smallest absolute Gasteiger partial charge is 0.274 e. The molecule has 2 rings (SSSR count). The Kier molecular flexibility index (Phi) is 3.92. The highest BCUT2D eigenvalue weighted by atomic mass is 16.6. The highest BCUT2D eigenvalue weighted by Crippen LogP contribution is 2.19. The van der Waals surface area contributed by atoms with E-state index in [1.165, 1.54) is 18.3 Å². The van der Waals surface area contributed by atoms with Gasteiger partial charge < -0.3 is 4.90 Å². The van der Waals surface area contributed by atoms with Crippen LogP contribution in [-0.2, 0) is 0 Å². The van der Waals surface area contributed by atoms with E-state index in [0.717, 1.165) is 26.2 Å². The predicted molar refractivity (Wildman–Crippen MR) is 69.8 cm³/mol. The maximum atomic E-state index is 10.7. The van der Waals surface area contributed by atoms with Crippen LogP contribution in [0.3, 0.4) is 0 Å². The number of hydrogen-bond acceptors (Lipinski definition) is 6. The molecule has 0 saturated carbocycles. The van der Waals surface area contributed by atoms with Crippen molar-refractivity contribution in [2.75, 3.05) is 31.1 Å². The topological polar surface area (TPSA) is 86.3 Å². The summed E-state index contributed by atoms with van der Waals surface area (Å²) in [4.78, 5) is 18.6. The number of nitriles is 1. The van der Waals surface area contributed by atoms with E-state index in [9.17, 15) is 10.1 Å². The number of nitrogens with zero attached hydrogens (tertiary/aromatic N) is 5. The third-order valence-electron chi connectivity index (χ3n) is 3.31. The highest BCUT2D eigenvalue weighted by molar-refractivity contribution is 5.47. The summed E-state index contributed by atoms with van der Waals surface area (Å²) in [6, 6.07) is 4.99. The molecule has 0 radical (unpaired) electrons. The minimum absolute atomic E-state index is 0.0535. The van der Waals surface area contributed by atoms with Crippen molar-refractivity contribution in [2.45, 2.75) is 13.0 Å². The number of hydrogen-bond donors (Lipinski definition) is 0. The molecular formula is C12H15N5O2. The fourth-order valence-electron chi connectivity index (χ4n) is 2.11. The first kappa shape index (κ1) is 13.2. The SMILES string of the molecule is CC(C#N)N1CCN(c2cc([N+](=O)[O-])ccn2)CC1. The lowest BCUT2D eigenvalue weighted by molar-refractivity contribution is -0.384. The molecule has 1 unspecified atom stereocenters. The largest absolute Gasteiger partial charge is 0.354 e. The van der Waals surface area contributed by atoms with Crippen LogP contribution in [0.25, 0.3) is 0 Å². The molecule has 1 aromatic heterocycles. The molecule has 0 aliphatic carbocycles. The number of anilines is 1. The average Bonchev–Trinajstić information content (AvgIpc) is 2.46. The Labute approximate surface area is 111 Å². The van der Waals surface area contributed by atoms with Gasteiger partial charge in [0.05, 0.1) is 23.1 Å². The minimum Gasteiger partial charge on any atom is -0.354 e. The summed E-state index contributed by atoms with van der Waals surface area (Å²) >= 11 is 0. The number of aromatic nitrogens is 1. The van der Waals surface area contributed by atoms with Gasteiger partial charge in [-0.2, -0.15) is 5.26 Å². The normalized spacial score (nSPS) is 17.8. The zero-order valence-electron chi connectivity index (χ0n) is 10.7. The summed E-state index contributed by atoms with van der Waals surface area (Å²) in [5.74, 6) is 0.624. The molecule has 1 atom stereocenters. The molecule has 1 aliphatic heterocycles. The van der Waals surface area contributed by atoms with Gasteiger partial charge in [0, 0.05) is 38.4 Å². The Morgan fingerprint density at radius 1 is 1.47 bits per heavy atom. The lowest BCUT2D eigenvalue weighted by atomic mass is 10.2. The quantitative estimate of drug-likeness (QED) is 0.596. The lowest BCUT2D eigenvalue weighted by Gasteiger charge is -2.36. The first-order valence-corrected chi connectivity index (χ1v) is 6.11. The molecule has 7 nitrogen and oxygen atoms in total. The monoisotopic (exact) mass is 261 g/mol. The van der Waals surface area contributed by atoms with Crippen LogP contribution in [0.4, 0.5) is 11.5 Å². The van der Waals surface area contributed by atoms with Crippen molar-refractivity contribution in [1.29, 1.82) is 5.26 Å².